The summed E-state index contributed by atoms with van der Waals surface area (Å²) in [6.45, 7) is -0.859. The van der Waals surface area contributed by atoms with Gasteiger partial charge in [-0.25, -0.2) is 4.99 Å². The highest BCUT2D eigenvalue weighted by atomic mass is 79.9. The van der Waals surface area contributed by atoms with Gasteiger partial charge in [-0.1, -0.05) is 0 Å². The lowest BCUT2D eigenvalue weighted by Gasteiger charge is -2.22. The first-order valence-corrected chi connectivity index (χ1v) is 9.37. The Morgan fingerprint density at radius 3 is 2.60 bits per heavy atom. The van der Waals surface area contributed by atoms with Crippen LogP contribution in [0.1, 0.15) is 5.56 Å². The van der Waals surface area contributed by atoms with Crippen molar-refractivity contribution in [1.82, 2.24) is 4.98 Å². The van der Waals surface area contributed by atoms with Crippen molar-refractivity contribution in [3.63, 3.8) is 0 Å². The number of fused-ring (bicyclic) bond motifs is 1. The van der Waals surface area contributed by atoms with Gasteiger partial charge in [0.05, 0.1) is 11.0 Å². The molecule has 1 unspecified atom stereocenters. The van der Waals surface area contributed by atoms with Crippen LogP contribution in [0.4, 0.5) is 11.4 Å². The van der Waals surface area contributed by atoms with Gasteiger partial charge in [0.15, 0.2) is 6.85 Å². The van der Waals surface area contributed by atoms with E-state index in [4.69, 9.17) is 4.52 Å². The maximum Gasteiger partial charge on any atom is 0.225 e. The predicted octanol–water partition coefficient (Wildman–Crippen LogP) is 3.59. The van der Waals surface area contributed by atoms with Gasteiger partial charge >= 0.3 is 0 Å². The fraction of sp³-hybridized carbons (Fsp3) is 0.143. The van der Waals surface area contributed by atoms with Crippen LogP contribution in [0.5, 0.6) is 0 Å². The van der Waals surface area contributed by atoms with Crippen molar-refractivity contribution in [3.8, 4) is 0 Å². The molecule has 1 aromatic heterocycles. The van der Waals surface area contributed by atoms with Crippen LogP contribution in [0.3, 0.4) is 0 Å². The van der Waals surface area contributed by atoms with Crippen molar-refractivity contribution < 1.29 is 4.52 Å². The molecule has 0 amide bonds. The van der Waals surface area contributed by atoms with E-state index in [9.17, 15) is 0 Å². The van der Waals surface area contributed by atoms with Gasteiger partial charge in [0.1, 0.15) is 0 Å². The first kappa shape index (κ1) is 13.5. The van der Waals surface area contributed by atoms with E-state index in [2.05, 4.69) is 48.6 Å². The molecule has 1 aliphatic rings. The lowest BCUT2D eigenvalue weighted by atomic mass is 10.2. The van der Waals surface area contributed by atoms with Crippen LogP contribution in [0.15, 0.2) is 47.7 Å². The summed E-state index contributed by atoms with van der Waals surface area (Å²) < 4.78 is 5.89. The molecule has 0 saturated heterocycles. The van der Waals surface area contributed by atoms with Gasteiger partial charge in [-0.15, -0.1) is 0 Å². The molecule has 0 radical (unpaired) electrons. The highest BCUT2D eigenvalue weighted by Crippen LogP contribution is 2.50. The third-order valence-corrected chi connectivity index (χ3v) is 5.65. The zero-order valence-electron chi connectivity index (χ0n) is 11.1. The Kier molecular flexibility index (Phi) is 3.72. The highest BCUT2D eigenvalue weighted by Gasteiger charge is 2.23. The molecule has 4 nitrogen and oxygen atoms in total. The SMILES string of the molecule is CN(C)c1ccc2c(c1)N=C(c1ccncc1)OP2Br. The largest absolute Gasteiger partial charge is 0.439 e. The molecule has 20 heavy (non-hydrogen) atoms. The summed E-state index contributed by atoms with van der Waals surface area (Å²) in [5.41, 5.74) is 3.02. The number of hydrogen-bond acceptors (Lipinski definition) is 4. The molecule has 2 aromatic rings. The van der Waals surface area contributed by atoms with Gasteiger partial charge in [-0.2, -0.15) is 0 Å². The van der Waals surface area contributed by atoms with Crippen LogP contribution < -0.4 is 10.2 Å². The molecule has 0 bridgehead atoms. The molecule has 1 atom stereocenters. The summed E-state index contributed by atoms with van der Waals surface area (Å²) in [7, 11) is 4.04. The first-order valence-electron chi connectivity index (χ1n) is 6.09. The summed E-state index contributed by atoms with van der Waals surface area (Å²) >= 11 is 3.62. The predicted molar refractivity (Wildman–Crippen MR) is 87.8 cm³/mol. The Morgan fingerprint density at radius 2 is 1.90 bits per heavy atom. The number of anilines is 1. The quantitative estimate of drug-likeness (QED) is 0.777. The summed E-state index contributed by atoms with van der Waals surface area (Å²) in [4.78, 5) is 10.7. The summed E-state index contributed by atoms with van der Waals surface area (Å²) in [5, 5.41) is 1.10. The molecule has 1 aliphatic heterocycles. The molecule has 3 rings (SSSR count). The molecule has 0 fully saturated rings. The maximum atomic E-state index is 5.89. The van der Waals surface area contributed by atoms with Gasteiger partial charge in [-0.3, -0.25) is 4.98 Å². The van der Waals surface area contributed by atoms with Crippen LogP contribution >= 0.6 is 22.3 Å². The van der Waals surface area contributed by atoms with Crippen molar-refractivity contribution in [3.05, 3.63) is 48.3 Å². The minimum Gasteiger partial charge on any atom is -0.439 e. The number of nitrogens with zero attached hydrogens (tertiary/aromatic N) is 3. The Hall–Kier alpha value is -1.45. The lowest BCUT2D eigenvalue weighted by molar-refractivity contribution is 0.632. The summed E-state index contributed by atoms with van der Waals surface area (Å²) in [5.74, 6) is 0.638. The average molecular weight is 350 g/mol. The molecular formula is C14H13BrN3OP. The Bertz CT molecular complexity index is 661. The Morgan fingerprint density at radius 1 is 1.15 bits per heavy atom. The minimum atomic E-state index is -0.859. The maximum absolute atomic E-state index is 5.89. The van der Waals surface area contributed by atoms with Crippen LogP contribution in [-0.4, -0.2) is 25.0 Å². The second-order valence-electron chi connectivity index (χ2n) is 4.56. The van der Waals surface area contributed by atoms with Crippen molar-refractivity contribution in [2.24, 2.45) is 4.99 Å². The summed E-state index contributed by atoms with van der Waals surface area (Å²) in [6, 6.07) is 10.0. The standard InChI is InChI=1S/C14H13BrN3OP/c1-18(2)11-3-4-13-12(9-11)17-14(19-20(13)15)10-5-7-16-8-6-10/h3-9H,1-2H3. The molecular weight excluding hydrogens is 337 g/mol. The van der Waals surface area contributed by atoms with Gasteiger partial charge in [0.2, 0.25) is 5.90 Å². The van der Waals surface area contributed by atoms with Crippen LogP contribution in [0.25, 0.3) is 0 Å². The second-order valence-corrected chi connectivity index (χ2v) is 7.64. The smallest absolute Gasteiger partial charge is 0.225 e. The van der Waals surface area contributed by atoms with E-state index in [-0.39, 0.29) is 0 Å². The number of halogens is 1. The third kappa shape index (κ3) is 2.56. The van der Waals surface area contributed by atoms with E-state index < -0.39 is 6.85 Å². The number of rotatable bonds is 2. The van der Waals surface area contributed by atoms with Crippen LogP contribution in [0.2, 0.25) is 0 Å². The molecule has 2 heterocycles. The normalized spacial score (nSPS) is 16.9. The number of aliphatic imine (C=N–C) groups is 1. The lowest BCUT2D eigenvalue weighted by Crippen LogP contribution is -2.15. The number of pyridine rings is 1. The van der Waals surface area contributed by atoms with Crippen LogP contribution in [0, 0.1) is 0 Å². The van der Waals surface area contributed by atoms with E-state index in [1.165, 1.54) is 0 Å². The monoisotopic (exact) mass is 349 g/mol. The fourth-order valence-corrected chi connectivity index (χ4v) is 4.09. The van der Waals surface area contributed by atoms with Crippen molar-refractivity contribution in [2.75, 3.05) is 19.0 Å². The summed E-state index contributed by atoms with van der Waals surface area (Å²) in [6.07, 6.45) is 3.48. The number of aromatic nitrogens is 1. The van der Waals surface area contributed by atoms with E-state index >= 15 is 0 Å². The van der Waals surface area contributed by atoms with E-state index in [1.54, 1.807) is 12.4 Å². The topological polar surface area (TPSA) is 37.7 Å². The molecule has 0 N–H and O–H groups in total. The molecule has 1 aromatic carbocycles. The van der Waals surface area contributed by atoms with E-state index in [0.717, 1.165) is 22.2 Å². The molecule has 0 aliphatic carbocycles. The van der Waals surface area contributed by atoms with Gasteiger partial charge in [0, 0.05) is 37.7 Å². The van der Waals surface area contributed by atoms with E-state index in [0.29, 0.717) is 5.90 Å². The first-order chi connectivity index (χ1) is 9.65. The highest BCUT2D eigenvalue weighted by molar-refractivity contribution is 9.39. The zero-order valence-corrected chi connectivity index (χ0v) is 13.6. The van der Waals surface area contributed by atoms with Gasteiger partial charge < -0.3 is 9.42 Å². The Labute approximate surface area is 127 Å². The van der Waals surface area contributed by atoms with Crippen molar-refractivity contribution >= 4 is 44.9 Å². The fourth-order valence-electron chi connectivity index (χ4n) is 1.89. The van der Waals surface area contributed by atoms with Gasteiger partial charge in [-0.05, 0) is 45.8 Å². The van der Waals surface area contributed by atoms with Crippen molar-refractivity contribution in [2.45, 2.75) is 0 Å². The van der Waals surface area contributed by atoms with E-state index in [1.807, 2.05) is 26.2 Å². The molecule has 0 spiro atoms. The average Bonchev–Trinajstić information content (AvgIpc) is 2.47. The molecule has 0 saturated carbocycles. The number of hydrogen-bond donors (Lipinski definition) is 0. The van der Waals surface area contributed by atoms with Crippen LogP contribution in [-0.2, 0) is 4.52 Å². The zero-order chi connectivity index (χ0) is 14.1. The Balaban J connectivity index is 2.07. The molecule has 6 heteroatoms. The minimum absolute atomic E-state index is 0.638. The molecule has 102 valence electrons. The van der Waals surface area contributed by atoms with Gasteiger partial charge in [0.25, 0.3) is 0 Å². The second kappa shape index (κ2) is 5.51. The van der Waals surface area contributed by atoms with Crippen molar-refractivity contribution in [1.29, 1.82) is 0 Å². The third-order valence-electron chi connectivity index (χ3n) is 2.98. The number of benzene rings is 1.